The Labute approximate surface area is 371 Å². The van der Waals surface area contributed by atoms with Crippen molar-refractivity contribution in [1.82, 2.24) is 14.5 Å². The van der Waals surface area contributed by atoms with Crippen molar-refractivity contribution in [2.75, 3.05) is 0 Å². The number of aryl methyl sites for hydroxylation is 3. The molecule has 60 heavy (non-hydrogen) atoms. The Hall–Kier alpha value is -6.35. The van der Waals surface area contributed by atoms with Crippen LogP contribution in [-0.4, -0.2) is 19.6 Å². The molecule has 0 aliphatic carbocycles. The van der Waals surface area contributed by atoms with E-state index in [-0.39, 0.29) is 37.8 Å². The molecule has 2 aromatic heterocycles. The summed E-state index contributed by atoms with van der Waals surface area (Å²) < 4.78 is 28.3. The topological polar surface area (TPSA) is 50.9 Å². The first kappa shape index (κ1) is 36.7. The number of imidazole rings is 1. The van der Waals surface area contributed by atoms with Gasteiger partial charge in [0.15, 0.2) is 0 Å². The maximum absolute atomic E-state index is 11.9. The molecule has 0 unspecified atom stereocenters. The van der Waals surface area contributed by atoms with Crippen molar-refractivity contribution in [1.29, 1.82) is 0 Å². The Morgan fingerprint density at radius 2 is 1.25 bits per heavy atom. The first-order valence-electron chi connectivity index (χ1n) is 21.5. The van der Waals surface area contributed by atoms with Crippen LogP contribution in [0, 0.1) is 26.8 Å². The van der Waals surface area contributed by atoms with Crippen molar-refractivity contribution in [3.8, 4) is 78.6 Å². The van der Waals surface area contributed by atoms with Gasteiger partial charge in [-0.05, 0) is 101 Å². The number of aromatic nitrogens is 3. The molecular formula is C55H46N3OPt-. The number of fused-ring (bicyclic) bond motifs is 1. The summed E-state index contributed by atoms with van der Waals surface area (Å²) in [5.74, 6) is 0.657. The molecule has 2 heterocycles. The van der Waals surface area contributed by atoms with Gasteiger partial charge in [-0.3, -0.25) is 9.55 Å². The number of pyridine rings is 1. The minimum Gasteiger partial charge on any atom is -0.507 e. The zero-order valence-corrected chi connectivity index (χ0v) is 36.5. The summed E-state index contributed by atoms with van der Waals surface area (Å²) in [7, 11) is 0. The van der Waals surface area contributed by atoms with Gasteiger partial charge in [0.25, 0.3) is 0 Å². The number of benzene rings is 7. The van der Waals surface area contributed by atoms with E-state index in [1.807, 2.05) is 141 Å². The Morgan fingerprint density at radius 1 is 0.600 bits per heavy atom. The van der Waals surface area contributed by atoms with E-state index in [1.54, 1.807) is 0 Å². The number of para-hydroxylation sites is 1. The molecule has 0 amide bonds. The molecule has 1 N–H and O–H groups in total. The second kappa shape index (κ2) is 16.4. The fraction of sp³-hybridized carbons (Fsp3) is 0.127. The molecule has 0 bridgehead atoms. The zero-order chi connectivity index (χ0) is 43.3. The Kier molecular flexibility index (Phi) is 10.0. The van der Waals surface area contributed by atoms with Crippen LogP contribution < -0.4 is 0 Å². The predicted molar refractivity (Wildman–Crippen MR) is 245 cm³/mol. The summed E-state index contributed by atoms with van der Waals surface area (Å²) in [5, 5.41) is 11.9. The molecule has 298 valence electrons. The van der Waals surface area contributed by atoms with E-state index in [2.05, 4.69) is 67.8 Å². The van der Waals surface area contributed by atoms with E-state index in [1.165, 1.54) is 0 Å². The monoisotopic (exact) mass is 962 g/mol. The normalized spacial score (nSPS) is 12.4. The molecule has 0 radical (unpaired) electrons. The van der Waals surface area contributed by atoms with Gasteiger partial charge in [0.1, 0.15) is 11.6 Å². The molecule has 0 spiro atoms. The van der Waals surface area contributed by atoms with Crippen LogP contribution in [0.15, 0.2) is 164 Å². The van der Waals surface area contributed by atoms with Gasteiger partial charge < -0.3 is 5.11 Å². The Balaban J connectivity index is 0.00000544. The van der Waals surface area contributed by atoms with Gasteiger partial charge in [-0.25, -0.2) is 4.98 Å². The van der Waals surface area contributed by atoms with Crippen LogP contribution in [0.5, 0.6) is 5.75 Å². The van der Waals surface area contributed by atoms with Crippen LogP contribution in [0.4, 0.5) is 0 Å². The van der Waals surface area contributed by atoms with Crippen molar-refractivity contribution >= 4 is 11.0 Å². The second-order valence-electron chi connectivity index (χ2n) is 16.3. The van der Waals surface area contributed by atoms with E-state index in [0.29, 0.717) is 22.5 Å². The van der Waals surface area contributed by atoms with Crippen molar-refractivity contribution < 1.29 is 30.3 Å². The van der Waals surface area contributed by atoms with Crippen LogP contribution in [0.2, 0.25) is 0 Å². The summed E-state index contributed by atoms with van der Waals surface area (Å²) in [6.07, 6.45) is 1.85. The van der Waals surface area contributed by atoms with Gasteiger partial charge in [0, 0.05) is 42.6 Å². The number of hydrogen-bond acceptors (Lipinski definition) is 3. The molecule has 0 fully saturated rings. The second-order valence-corrected chi connectivity index (χ2v) is 16.3. The van der Waals surface area contributed by atoms with Gasteiger partial charge in [0.2, 0.25) is 0 Å². The van der Waals surface area contributed by atoms with Gasteiger partial charge in [-0.1, -0.05) is 147 Å². The van der Waals surface area contributed by atoms with Gasteiger partial charge in [-0.2, -0.15) is 0 Å². The van der Waals surface area contributed by atoms with Crippen molar-refractivity contribution in [3.63, 3.8) is 0 Å². The molecule has 0 saturated carbocycles. The Bertz CT molecular complexity index is 3120. The molecular weight excluding hydrogens is 914 g/mol. The molecule has 9 rings (SSSR count). The summed E-state index contributed by atoms with van der Waals surface area (Å²) >= 11 is 0. The standard InChI is InChI=1S/C55H46N3O.Pt/c1-35-27-37(3)53(59)48(28-35)54-57-52-45(42-30-43(32-44(31-42)55(4,5)6)49-33-41(25-26-56-49)38-17-10-7-11-18-38)23-16-24-50(52)58(54)51-34-46(39-19-12-8-13-20-39)36(2)29-47(51)40-21-14-9-15-22-40;/h7-29,31-34,59H,1-6H3;/q-1;/i2D3;. The fourth-order valence-corrected chi connectivity index (χ4v) is 8.02. The first-order chi connectivity index (χ1) is 29.7. The van der Waals surface area contributed by atoms with Crippen molar-refractivity contribution in [2.45, 2.75) is 46.9 Å². The van der Waals surface area contributed by atoms with Crippen molar-refractivity contribution in [2.24, 2.45) is 0 Å². The van der Waals surface area contributed by atoms with E-state index >= 15 is 0 Å². The van der Waals surface area contributed by atoms with Crippen molar-refractivity contribution in [3.05, 3.63) is 192 Å². The molecule has 5 heteroatoms. The largest absolute Gasteiger partial charge is 0.507 e. The molecule has 0 atom stereocenters. The van der Waals surface area contributed by atoms with Crippen LogP contribution in [0.1, 0.15) is 47.1 Å². The molecule has 7 aromatic carbocycles. The SMILES string of the molecule is [2H]C([2H])([2H])c1cc(-c2ccccc2)c(-n2c(-c3cc(C)cc(C)c3O)nc3c(-c4[c-]c(-c5cc(-c6ccccc6)ccn5)cc(C(C)(C)C)c4)cccc32)cc1-c1ccccc1.[Pt]. The summed E-state index contributed by atoms with van der Waals surface area (Å²) in [6, 6.07) is 56.0. The number of phenolic OH excluding ortho intramolecular Hbond substituents is 1. The van der Waals surface area contributed by atoms with E-state index in [4.69, 9.17) is 14.1 Å². The molecule has 0 aliphatic heterocycles. The summed E-state index contributed by atoms with van der Waals surface area (Å²) in [4.78, 5) is 10.3. The minimum atomic E-state index is -2.41. The smallest absolute Gasteiger partial charge is 0.148 e. The number of nitrogens with zero attached hydrogens (tertiary/aromatic N) is 3. The Morgan fingerprint density at radius 3 is 1.92 bits per heavy atom. The maximum atomic E-state index is 11.9. The first-order valence-corrected chi connectivity index (χ1v) is 20.0. The third-order valence-corrected chi connectivity index (χ3v) is 11.1. The van der Waals surface area contributed by atoms with E-state index < -0.39 is 6.85 Å². The van der Waals surface area contributed by atoms with Crippen LogP contribution in [-0.2, 0) is 26.5 Å². The van der Waals surface area contributed by atoms with Crippen LogP contribution >= 0.6 is 0 Å². The third-order valence-electron chi connectivity index (χ3n) is 11.1. The van der Waals surface area contributed by atoms with Crippen LogP contribution in [0.3, 0.4) is 0 Å². The number of aromatic hydroxyl groups is 1. The van der Waals surface area contributed by atoms with E-state index in [9.17, 15) is 5.11 Å². The number of phenols is 1. The number of hydrogen-bond donors (Lipinski definition) is 1. The average Bonchev–Trinajstić information content (AvgIpc) is 3.67. The van der Waals surface area contributed by atoms with Gasteiger partial charge >= 0.3 is 0 Å². The minimum absolute atomic E-state index is 0. The molecule has 0 aliphatic rings. The maximum Gasteiger partial charge on any atom is 0.148 e. The van der Waals surface area contributed by atoms with Gasteiger partial charge in [0.05, 0.1) is 22.3 Å². The predicted octanol–water partition coefficient (Wildman–Crippen LogP) is 14.1. The summed E-state index contributed by atoms with van der Waals surface area (Å²) in [5.41, 5.74) is 14.2. The average molecular weight is 963 g/mol. The van der Waals surface area contributed by atoms with Crippen LogP contribution in [0.25, 0.3) is 83.9 Å². The molecule has 9 aromatic rings. The molecule has 0 saturated heterocycles. The third kappa shape index (κ3) is 7.64. The molecule has 4 nitrogen and oxygen atoms in total. The zero-order valence-electron chi connectivity index (χ0n) is 37.2. The van der Waals surface area contributed by atoms with Gasteiger partial charge in [-0.15, -0.1) is 29.3 Å². The quantitative estimate of drug-likeness (QED) is 0.162. The van der Waals surface area contributed by atoms with E-state index in [0.717, 1.165) is 78.1 Å². The fourth-order valence-electron chi connectivity index (χ4n) is 8.02. The summed E-state index contributed by atoms with van der Waals surface area (Å²) in [6.45, 7) is 8.12. The number of rotatable bonds is 7.